The summed E-state index contributed by atoms with van der Waals surface area (Å²) in [6, 6.07) is 4.65. The third-order valence-electron chi connectivity index (χ3n) is 3.84. The van der Waals surface area contributed by atoms with Crippen LogP contribution in [0.2, 0.25) is 0 Å². The van der Waals surface area contributed by atoms with Gasteiger partial charge in [-0.15, -0.1) is 0 Å². The largest absolute Gasteiger partial charge is 0.312 e. The minimum atomic E-state index is 0.331. The molecule has 1 atom stereocenters. The number of hydrogen-bond acceptors (Lipinski definition) is 3. The zero-order valence-corrected chi connectivity index (χ0v) is 12.9. The van der Waals surface area contributed by atoms with Crippen LogP contribution in [0.4, 0.5) is 0 Å². The first kappa shape index (κ1) is 14.8. The Bertz CT molecular complexity index is 540. The van der Waals surface area contributed by atoms with E-state index in [9.17, 15) is 0 Å². The molecule has 0 saturated heterocycles. The molecule has 0 aliphatic carbocycles. The lowest BCUT2D eigenvalue weighted by atomic mass is 10.1. The Labute approximate surface area is 121 Å². The third kappa shape index (κ3) is 3.10. The Hall–Kier alpha value is -1.62. The van der Waals surface area contributed by atoms with Crippen molar-refractivity contribution in [1.82, 2.24) is 24.9 Å². The molecule has 2 aromatic rings. The number of aryl methyl sites for hydroxylation is 4. The van der Waals surface area contributed by atoms with Crippen molar-refractivity contribution in [3.05, 3.63) is 35.4 Å². The minimum Gasteiger partial charge on any atom is -0.312 e. The predicted octanol–water partition coefficient (Wildman–Crippen LogP) is 2.09. The SMILES string of the molecule is CCc1cc(C(CCc2ccnn2C)NC)n(CC)n1. The van der Waals surface area contributed by atoms with Gasteiger partial charge in [-0.3, -0.25) is 9.36 Å². The normalized spacial score (nSPS) is 12.8. The maximum absolute atomic E-state index is 4.64. The Balaban J connectivity index is 2.11. The topological polar surface area (TPSA) is 47.7 Å². The van der Waals surface area contributed by atoms with Crippen molar-refractivity contribution in [3.63, 3.8) is 0 Å². The van der Waals surface area contributed by atoms with Crippen LogP contribution in [0.15, 0.2) is 18.3 Å². The molecule has 0 aliphatic rings. The average Bonchev–Trinajstić information content (AvgIpc) is 3.06. The predicted molar refractivity (Wildman–Crippen MR) is 80.6 cm³/mol. The standard InChI is InChI=1S/C15H25N5/c1-5-12-11-15(20(6-2)18-12)14(16-3)8-7-13-9-10-17-19(13)4/h9-11,14,16H,5-8H2,1-4H3. The van der Waals surface area contributed by atoms with E-state index < -0.39 is 0 Å². The Morgan fingerprint density at radius 1 is 1.35 bits per heavy atom. The second kappa shape index (κ2) is 6.70. The van der Waals surface area contributed by atoms with Crippen LogP contribution in [0.3, 0.4) is 0 Å². The third-order valence-corrected chi connectivity index (χ3v) is 3.84. The van der Waals surface area contributed by atoms with Crippen molar-refractivity contribution in [2.75, 3.05) is 7.05 Å². The summed E-state index contributed by atoms with van der Waals surface area (Å²) in [4.78, 5) is 0. The minimum absolute atomic E-state index is 0.331. The van der Waals surface area contributed by atoms with Gasteiger partial charge in [-0.05, 0) is 45.4 Å². The van der Waals surface area contributed by atoms with Gasteiger partial charge in [0.25, 0.3) is 0 Å². The maximum atomic E-state index is 4.64. The van der Waals surface area contributed by atoms with Crippen LogP contribution in [-0.4, -0.2) is 26.6 Å². The molecule has 110 valence electrons. The fourth-order valence-electron chi connectivity index (χ4n) is 2.57. The fourth-order valence-corrected chi connectivity index (χ4v) is 2.57. The lowest BCUT2D eigenvalue weighted by Gasteiger charge is -2.17. The summed E-state index contributed by atoms with van der Waals surface area (Å²) in [5.74, 6) is 0. The van der Waals surface area contributed by atoms with Crippen molar-refractivity contribution in [2.24, 2.45) is 7.05 Å². The van der Waals surface area contributed by atoms with E-state index >= 15 is 0 Å². The van der Waals surface area contributed by atoms with E-state index in [1.165, 1.54) is 17.1 Å². The van der Waals surface area contributed by atoms with Gasteiger partial charge in [-0.2, -0.15) is 10.2 Å². The zero-order valence-electron chi connectivity index (χ0n) is 12.9. The molecular weight excluding hydrogens is 250 g/mol. The molecule has 0 saturated carbocycles. The Kier molecular flexibility index (Phi) is 4.95. The number of aromatic nitrogens is 4. The zero-order chi connectivity index (χ0) is 14.5. The van der Waals surface area contributed by atoms with Crippen LogP contribution in [0.5, 0.6) is 0 Å². The van der Waals surface area contributed by atoms with Crippen molar-refractivity contribution >= 4 is 0 Å². The van der Waals surface area contributed by atoms with Crippen LogP contribution in [-0.2, 0) is 26.4 Å². The first-order valence-electron chi connectivity index (χ1n) is 7.40. The van der Waals surface area contributed by atoms with Gasteiger partial charge in [0.15, 0.2) is 0 Å². The van der Waals surface area contributed by atoms with E-state index in [4.69, 9.17) is 0 Å². The highest BCUT2D eigenvalue weighted by Gasteiger charge is 2.16. The molecule has 5 heteroatoms. The Morgan fingerprint density at radius 3 is 2.70 bits per heavy atom. The summed E-state index contributed by atoms with van der Waals surface area (Å²) in [7, 11) is 4.02. The molecular formula is C15H25N5. The summed E-state index contributed by atoms with van der Waals surface area (Å²) in [6.07, 6.45) is 4.90. The quantitative estimate of drug-likeness (QED) is 0.841. The summed E-state index contributed by atoms with van der Waals surface area (Å²) < 4.78 is 4.06. The number of rotatable bonds is 7. The summed E-state index contributed by atoms with van der Waals surface area (Å²) >= 11 is 0. The maximum Gasteiger partial charge on any atom is 0.0625 e. The summed E-state index contributed by atoms with van der Waals surface area (Å²) in [5, 5.41) is 12.3. The first-order valence-corrected chi connectivity index (χ1v) is 7.40. The van der Waals surface area contributed by atoms with E-state index in [-0.39, 0.29) is 0 Å². The highest BCUT2D eigenvalue weighted by molar-refractivity contribution is 5.15. The van der Waals surface area contributed by atoms with E-state index in [2.05, 4.69) is 46.2 Å². The molecule has 1 N–H and O–H groups in total. The first-order chi connectivity index (χ1) is 9.69. The lowest BCUT2D eigenvalue weighted by molar-refractivity contribution is 0.482. The van der Waals surface area contributed by atoms with Gasteiger partial charge in [-0.1, -0.05) is 6.92 Å². The average molecular weight is 275 g/mol. The molecule has 0 fully saturated rings. The number of nitrogens with zero attached hydrogens (tertiary/aromatic N) is 4. The monoisotopic (exact) mass is 275 g/mol. The molecule has 20 heavy (non-hydrogen) atoms. The van der Waals surface area contributed by atoms with Crippen molar-refractivity contribution in [3.8, 4) is 0 Å². The fraction of sp³-hybridized carbons (Fsp3) is 0.600. The molecule has 0 radical (unpaired) electrons. The highest BCUT2D eigenvalue weighted by atomic mass is 15.3. The summed E-state index contributed by atoms with van der Waals surface area (Å²) in [5.41, 5.74) is 3.72. The van der Waals surface area contributed by atoms with Crippen molar-refractivity contribution < 1.29 is 0 Å². The molecule has 0 aliphatic heterocycles. The van der Waals surface area contributed by atoms with Gasteiger partial charge in [0.2, 0.25) is 0 Å². The number of nitrogens with one attached hydrogen (secondary N) is 1. The smallest absolute Gasteiger partial charge is 0.0625 e. The van der Waals surface area contributed by atoms with Gasteiger partial charge >= 0.3 is 0 Å². The van der Waals surface area contributed by atoms with Gasteiger partial charge < -0.3 is 5.32 Å². The molecule has 2 aromatic heterocycles. The highest BCUT2D eigenvalue weighted by Crippen LogP contribution is 2.20. The Morgan fingerprint density at radius 2 is 2.15 bits per heavy atom. The van der Waals surface area contributed by atoms with Gasteiger partial charge in [0, 0.05) is 31.5 Å². The van der Waals surface area contributed by atoms with E-state index in [0.717, 1.165) is 25.8 Å². The molecule has 2 heterocycles. The second-order valence-electron chi connectivity index (χ2n) is 5.06. The van der Waals surface area contributed by atoms with Gasteiger partial charge in [-0.25, -0.2) is 0 Å². The number of hydrogen-bond donors (Lipinski definition) is 1. The molecule has 0 amide bonds. The van der Waals surface area contributed by atoms with E-state index in [1.807, 2.05) is 25.0 Å². The second-order valence-corrected chi connectivity index (χ2v) is 5.06. The van der Waals surface area contributed by atoms with Crippen LogP contribution >= 0.6 is 0 Å². The lowest BCUT2D eigenvalue weighted by Crippen LogP contribution is -2.21. The summed E-state index contributed by atoms with van der Waals surface area (Å²) in [6.45, 7) is 5.21. The molecule has 0 bridgehead atoms. The van der Waals surface area contributed by atoms with Gasteiger partial charge in [0.05, 0.1) is 11.4 Å². The van der Waals surface area contributed by atoms with E-state index in [1.54, 1.807) is 0 Å². The van der Waals surface area contributed by atoms with Crippen molar-refractivity contribution in [1.29, 1.82) is 0 Å². The van der Waals surface area contributed by atoms with Crippen molar-refractivity contribution in [2.45, 2.75) is 45.7 Å². The molecule has 5 nitrogen and oxygen atoms in total. The van der Waals surface area contributed by atoms with Crippen LogP contribution in [0.1, 0.15) is 43.4 Å². The molecule has 1 unspecified atom stereocenters. The van der Waals surface area contributed by atoms with Gasteiger partial charge in [0.1, 0.15) is 0 Å². The van der Waals surface area contributed by atoms with E-state index in [0.29, 0.717) is 6.04 Å². The van der Waals surface area contributed by atoms with Crippen LogP contribution in [0, 0.1) is 0 Å². The van der Waals surface area contributed by atoms with Crippen LogP contribution in [0.25, 0.3) is 0 Å². The molecule has 0 spiro atoms. The molecule has 0 aromatic carbocycles. The molecule has 2 rings (SSSR count). The van der Waals surface area contributed by atoms with Crippen LogP contribution < -0.4 is 5.32 Å².